The van der Waals surface area contributed by atoms with Gasteiger partial charge in [0, 0.05) is 48.4 Å². The Morgan fingerprint density at radius 2 is 1.91 bits per heavy atom. The van der Waals surface area contributed by atoms with Gasteiger partial charge in [0.1, 0.15) is 0 Å². The van der Waals surface area contributed by atoms with Crippen molar-refractivity contribution in [3.8, 4) is 6.01 Å². The van der Waals surface area contributed by atoms with E-state index in [4.69, 9.17) is 9.47 Å². The number of aliphatic hydroxyl groups is 1. The fourth-order valence-electron chi connectivity index (χ4n) is 3.95. The van der Waals surface area contributed by atoms with Crippen molar-refractivity contribution in [2.75, 3.05) is 37.8 Å². The number of hydrogen-bond acceptors (Lipinski definition) is 8. The van der Waals surface area contributed by atoms with Crippen molar-refractivity contribution in [3.63, 3.8) is 0 Å². The van der Waals surface area contributed by atoms with E-state index in [1.54, 1.807) is 6.21 Å². The zero-order valence-corrected chi connectivity index (χ0v) is 19.4. The molecule has 3 heterocycles. The maximum absolute atomic E-state index is 9.45. The quantitative estimate of drug-likeness (QED) is 0.361. The Balaban J connectivity index is 1.32. The van der Waals surface area contributed by atoms with Crippen molar-refractivity contribution in [1.82, 2.24) is 19.9 Å². The highest BCUT2D eigenvalue weighted by Gasteiger charge is 2.17. The van der Waals surface area contributed by atoms with Gasteiger partial charge in [-0.25, -0.2) is 0 Å². The van der Waals surface area contributed by atoms with Gasteiger partial charge in [0.05, 0.1) is 33.0 Å². The van der Waals surface area contributed by atoms with Crippen LogP contribution < -0.4 is 9.64 Å². The molecule has 0 saturated carbocycles. The lowest BCUT2D eigenvalue weighted by Gasteiger charge is -2.26. The highest BCUT2D eigenvalue weighted by atomic mass is 16.5. The predicted molar refractivity (Wildman–Crippen MR) is 134 cm³/mol. The minimum Gasteiger partial charge on any atom is -0.463 e. The first-order chi connectivity index (χ1) is 17.3. The number of ether oxygens (including phenoxy) is 2. The van der Waals surface area contributed by atoms with Crippen molar-refractivity contribution in [1.29, 1.82) is 0 Å². The molecule has 0 amide bonds. The molecule has 9 heteroatoms. The molecule has 1 aliphatic rings. The van der Waals surface area contributed by atoms with Crippen LogP contribution in [0.2, 0.25) is 0 Å². The summed E-state index contributed by atoms with van der Waals surface area (Å²) in [6.45, 7) is 3.49. The Kier molecular flexibility index (Phi) is 7.26. The lowest BCUT2D eigenvalue weighted by molar-refractivity contribution is 0.122. The molecule has 2 aromatic carbocycles. The summed E-state index contributed by atoms with van der Waals surface area (Å²) in [6.07, 6.45) is 4.47. The summed E-state index contributed by atoms with van der Waals surface area (Å²) >= 11 is 0. The Morgan fingerprint density at radius 1 is 1.06 bits per heavy atom. The number of H-pyrrole nitrogens is 1. The maximum Gasteiger partial charge on any atom is 0.321 e. The second-order valence-corrected chi connectivity index (χ2v) is 8.27. The molecule has 4 aromatic rings. The summed E-state index contributed by atoms with van der Waals surface area (Å²) in [5, 5.41) is 10.5. The fourth-order valence-corrected chi connectivity index (χ4v) is 3.95. The lowest BCUT2D eigenvalue weighted by Crippen LogP contribution is -2.37. The summed E-state index contributed by atoms with van der Waals surface area (Å²) in [4.78, 5) is 23.6. The molecule has 0 bridgehead atoms. The molecule has 2 N–H and O–H groups in total. The van der Waals surface area contributed by atoms with Crippen LogP contribution in [-0.2, 0) is 24.3 Å². The van der Waals surface area contributed by atoms with Gasteiger partial charge in [0.2, 0.25) is 5.95 Å². The number of hydrogen-bond donors (Lipinski definition) is 2. The summed E-state index contributed by atoms with van der Waals surface area (Å²) < 4.78 is 11.4. The molecule has 5 rings (SSSR count). The van der Waals surface area contributed by atoms with Crippen LogP contribution in [0.5, 0.6) is 6.01 Å². The maximum atomic E-state index is 9.45. The van der Waals surface area contributed by atoms with E-state index in [-0.39, 0.29) is 6.61 Å². The number of aliphatic imine (C=N–C) groups is 1. The van der Waals surface area contributed by atoms with Gasteiger partial charge in [0.15, 0.2) is 5.82 Å². The van der Waals surface area contributed by atoms with E-state index in [0.29, 0.717) is 44.1 Å². The highest BCUT2D eigenvalue weighted by Crippen LogP contribution is 2.19. The first-order valence-electron chi connectivity index (χ1n) is 11.7. The SMILES string of the molecule is OCc1ccc2[nH]cc(C=NCc3nc(OCCc4ccccc4)nc(N4CCOCC4)n3)c2c1. The molecule has 0 radical (unpaired) electrons. The summed E-state index contributed by atoms with van der Waals surface area (Å²) in [6, 6.07) is 16.3. The first kappa shape index (κ1) is 22.9. The molecule has 0 spiro atoms. The third kappa shape index (κ3) is 5.82. The topological polar surface area (TPSA) is 109 Å². The molecule has 180 valence electrons. The second kappa shape index (κ2) is 11.1. The van der Waals surface area contributed by atoms with Gasteiger partial charge < -0.3 is 24.5 Å². The lowest BCUT2D eigenvalue weighted by atomic mass is 10.1. The number of anilines is 1. The molecule has 0 aliphatic carbocycles. The van der Waals surface area contributed by atoms with E-state index in [1.165, 1.54) is 5.56 Å². The van der Waals surface area contributed by atoms with Crippen LogP contribution in [-0.4, -0.2) is 64.2 Å². The van der Waals surface area contributed by atoms with E-state index in [9.17, 15) is 5.11 Å². The van der Waals surface area contributed by atoms with Crippen LogP contribution in [0.4, 0.5) is 5.95 Å². The van der Waals surface area contributed by atoms with E-state index in [2.05, 4.69) is 42.0 Å². The standard InChI is InChI=1S/C26H28N6O3/c33-18-20-6-7-23-22(14-20)21(16-28-23)15-27-17-24-29-25(32-9-12-34-13-10-32)31-26(30-24)35-11-8-19-4-2-1-3-5-19/h1-7,14-16,28,33H,8-13,17-18H2. The average molecular weight is 473 g/mol. The van der Waals surface area contributed by atoms with Gasteiger partial charge in [-0.3, -0.25) is 4.99 Å². The second-order valence-electron chi connectivity index (χ2n) is 8.27. The number of aliphatic hydroxyl groups excluding tert-OH is 1. The number of aromatic nitrogens is 4. The number of nitrogens with zero attached hydrogens (tertiary/aromatic N) is 5. The Morgan fingerprint density at radius 3 is 2.74 bits per heavy atom. The first-order valence-corrected chi connectivity index (χ1v) is 11.7. The Labute approximate surface area is 203 Å². The van der Waals surface area contributed by atoms with Crippen LogP contribution in [0.15, 0.2) is 59.7 Å². The normalized spacial score (nSPS) is 14.1. The zero-order valence-electron chi connectivity index (χ0n) is 19.4. The van der Waals surface area contributed by atoms with Crippen LogP contribution in [0.25, 0.3) is 10.9 Å². The van der Waals surface area contributed by atoms with Crippen molar-refractivity contribution in [2.45, 2.75) is 19.6 Å². The monoisotopic (exact) mass is 472 g/mol. The van der Waals surface area contributed by atoms with E-state index >= 15 is 0 Å². The minimum atomic E-state index is -0.0000751. The predicted octanol–water partition coefficient (Wildman–Crippen LogP) is 2.92. The average Bonchev–Trinajstić information content (AvgIpc) is 3.32. The molecule has 0 atom stereocenters. The molecule has 1 fully saturated rings. The van der Waals surface area contributed by atoms with Crippen molar-refractivity contribution in [2.24, 2.45) is 4.99 Å². The van der Waals surface area contributed by atoms with Crippen molar-refractivity contribution in [3.05, 3.63) is 77.2 Å². The fraction of sp³-hybridized carbons (Fsp3) is 0.308. The number of aromatic amines is 1. The van der Waals surface area contributed by atoms with Crippen LogP contribution in [0.3, 0.4) is 0 Å². The molecule has 1 saturated heterocycles. The Hall–Kier alpha value is -3.82. The smallest absolute Gasteiger partial charge is 0.321 e. The van der Waals surface area contributed by atoms with Gasteiger partial charge in [-0.2, -0.15) is 15.0 Å². The molecule has 1 aliphatic heterocycles. The molecular formula is C26H28N6O3. The molecule has 35 heavy (non-hydrogen) atoms. The highest BCUT2D eigenvalue weighted by molar-refractivity contribution is 5.99. The van der Waals surface area contributed by atoms with E-state index in [0.717, 1.165) is 41.5 Å². The Bertz CT molecular complexity index is 1280. The zero-order chi connectivity index (χ0) is 23.9. The van der Waals surface area contributed by atoms with Crippen LogP contribution in [0, 0.1) is 0 Å². The minimum absolute atomic E-state index is 0.0000751. The third-order valence-corrected chi connectivity index (χ3v) is 5.83. The molecule has 0 unspecified atom stereocenters. The number of fused-ring (bicyclic) bond motifs is 1. The van der Waals surface area contributed by atoms with Gasteiger partial charge in [0.25, 0.3) is 0 Å². The van der Waals surface area contributed by atoms with Crippen molar-refractivity contribution < 1.29 is 14.6 Å². The number of benzene rings is 2. The van der Waals surface area contributed by atoms with Gasteiger partial charge >= 0.3 is 6.01 Å². The largest absolute Gasteiger partial charge is 0.463 e. The van der Waals surface area contributed by atoms with Crippen molar-refractivity contribution >= 4 is 23.1 Å². The summed E-state index contributed by atoms with van der Waals surface area (Å²) in [5.74, 6) is 1.13. The molecule has 9 nitrogen and oxygen atoms in total. The number of morpholine rings is 1. The molecule has 2 aromatic heterocycles. The van der Waals surface area contributed by atoms with E-state index < -0.39 is 0 Å². The third-order valence-electron chi connectivity index (χ3n) is 5.83. The number of nitrogens with one attached hydrogen (secondary N) is 1. The van der Waals surface area contributed by atoms with E-state index in [1.807, 2.05) is 42.6 Å². The summed E-state index contributed by atoms with van der Waals surface area (Å²) in [5.41, 5.74) is 3.99. The molecular weight excluding hydrogens is 444 g/mol. The summed E-state index contributed by atoms with van der Waals surface area (Å²) in [7, 11) is 0. The van der Waals surface area contributed by atoms with Crippen LogP contribution in [0.1, 0.15) is 22.5 Å². The van der Waals surface area contributed by atoms with Gasteiger partial charge in [-0.05, 0) is 23.3 Å². The van der Waals surface area contributed by atoms with Gasteiger partial charge in [-0.15, -0.1) is 0 Å². The van der Waals surface area contributed by atoms with Crippen LogP contribution >= 0.6 is 0 Å². The number of rotatable bonds is 9. The van der Waals surface area contributed by atoms with Gasteiger partial charge in [-0.1, -0.05) is 36.4 Å².